The summed E-state index contributed by atoms with van der Waals surface area (Å²) in [5.74, 6) is 7.70. The van der Waals surface area contributed by atoms with Crippen LogP contribution in [0.15, 0.2) is 0 Å². The van der Waals surface area contributed by atoms with Crippen molar-refractivity contribution in [1.29, 1.82) is 0 Å². The van der Waals surface area contributed by atoms with Gasteiger partial charge in [0.1, 0.15) is 5.78 Å². The van der Waals surface area contributed by atoms with E-state index in [1.54, 1.807) is 0 Å². The van der Waals surface area contributed by atoms with Crippen molar-refractivity contribution < 1.29 is 4.79 Å². The second-order valence-electron chi connectivity index (χ2n) is 8.95. The van der Waals surface area contributed by atoms with Gasteiger partial charge in [-0.25, -0.2) is 0 Å². The lowest BCUT2D eigenvalue weighted by molar-refractivity contribution is -0.123. The van der Waals surface area contributed by atoms with Crippen molar-refractivity contribution in [3.63, 3.8) is 0 Å². The second kappa shape index (κ2) is 5.39. The van der Waals surface area contributed by atoms with Crippen LogP contribution in [0.3, 0.4) is 0 Å². The number of fused-ring (bicyclic) bond motifs is 5. The first-order valence-electron chi connectivity index (χ1n) is 9.65. The second-order valence-corrected chi connectivity index (χ2v) is 8.95. The van der Waals surface area contributed by atoms with Crippen LogP contribution in [0.1, 0.15) is 71.6 Å². The molecule has 1 nitrogen and oxygen atoms in total. The summed E-state index contributed by atoms with van der Waals surface area (Å²) in [7, 11) is 0. The van der Waals surface area contributed by atoms with Crippen LogP contribution in [0.25, 0.3) is 0 Å². The van der Waals surface area contributed by atoms with Gasteiger partial charge in [-0.2, -0.15) is 0 Å². The molecule has 4 aliphatic rings. The van der Waals surface area contributed by atoms with E-state index in [4.69, 9.17) is 0 Å². The summed E-state index contributed by atoms with van der Waals surface area (Å²) in [4.78, 5) is 11.9. The summed E-state index contributed by atoms with van der Waals surface area (Å²) in [6, 6.07) is 0. The van der Waals surface area contributed by atoms with E-state index in [2.05, 4.69) is 6.92 Å². The summed E-state index contributed by atoms with van der Waals surface area (Å²) >= 11 is 0. The zero-order valence-corrected chi connectivity index (χ0v) is 13.9. The third-order valence-corrected chi connectivity index (χ3v) is 8.06. The molecule has 0 N–H and O–H groups in total. The van der Waals surface area contributed by atoms with E-state index in [1.807, 2.05) is 6.92 Å². The predicted molar refractivity (Wildman–Crippen MR) is 85.8 cm³/mol. The van der Waals surface area contributed by atoms with Crippen LogP contribution in [-0.2, 0) is 4.79 Å². The molecule has 3 unspecified atom stereocenters. The Hall–Kier alpha value is -0.330. The minimum Gasteiger partial charge on any atom is -0.300 e. The lowest BCUT2D eigenvalue weighted by Crippen LogP contribution is -2.45. The molecule has 0 aromatic rings. The van der Waals surface area contributed by atoms with Crippen molar-refractivity contribution in [2.24, 2.45) is 47.3 Å². The van der Waals surface area contributed by atoms with Crippen LogP contribution >= 0.6 is 0 Å². The van der Waals surface area contributed by atoms with E-state index in [0.29, 0.717) is 11.7 Å². The maximum Gasteiger partial charge on any atom is 0.133 e. The van der Waals surface area contributed by atoms with E-state index >= 15 is 0 Å². The normalized spacial score (nSPS) is 52.7. The van der Waals surface area contributed by atoms with Crippen LogP contribution in [0, 0.1) is 47.3 Å². The van der Waals surface area contributed by atoms with Crippen molar-refractivity contribution in [1.82, 2.24) is 0 Å². The Morgan fingerprint density at radius 1 is 0.714 bits per heavy atom. The van der Waals surface area contributed by atoms with Crippen molar-refractivity contribution in [3.8, 4) is 0 Å². The number of hydrogen-bond acceptors (Lipinski definition) is 1. The largest absolute Gasteiger partial charge is 0.300 e. The summed E-state index contributed by atoms with van der Waals surface area (Å²) in [6.07, 6.45) is 12.9. The monoisotopic (exact) mass is 288 g/mol. The molecule has 0 aromatic carbocycles. The van der Waals surface area contributed by atoms with Gasteiger partial charge in [0.2, 0.25) is 0 Å². The molecule has 0 heterocycles. The fourth-order valence-corrected chi connectivity index (χ4v) is 7.25. The number of hydrogen-bond donors (Lipinski definition) is 0. The Morgan fingerprint density at radius 2 is 1.29 bits per heavy atom. The fourth-order valence-electron chi connectivity index (χ4n) is 7.25. The molecule has 4 fully saturated rings. The van der Waals surface area contributed by atoms with Crippen LogP contribution in [0.2, 0.25) is 0 Å². The number of carbonyl (C=O) groups excluding carboxylic acids is 1. The van der Waals surface area contributed by atoms with Gasteiger partial charge in [0.15, 0.2) is 0 Å². The van der Waals surface area contributed by atoms with E-state index in [-0.39, 0.29) is 0 Å². The highest BCUT2D eigenvalue weighted by molar-refractivity contribution is 5.79. The van der Waals surface area contributed by atoms with Gasteiger partial charge in [0.05, 0.1) is 0 Å². The van der Waals surface area contributed by atoms with Gasteiger partial charge >= 0.3 is 0 Å². The van der Waals surface area contributed by atoms with E-state index in [0.717, 1.165) is 41.4 Å². The molecular weight excluding hydrogens is 256 g/mol. The average Bonchev–Trinajstić information content (AvgIpc) is 2.90. The summed E-state index contributed by atoms with van der Waals surface area (Å²) in [6.45, 7) is 4.31. The Balaban J connectivity index is 1.51. The van der Waals surface area contributed by atoms with Crippen molar-refractivity contribution in [2.75, 3.05) is 0 Å². The topological polar surface area (TPSA) is 17.1 Å². The number of Topliss-reactive ketones (excluding diaryl/α,β-unsaturated/α-hetero) is 1. The highest BCUT2D eigenvalue weighted by Crippen LogP contribution is 2.59. The van der Waals surface area contributed by atoms with E-state index < -0.39 is 0 Å². The summed E-state index contributed by atoms with van der Waals surface area (Å²) in [5.41, 5.74) is 0. The molecule has 0 aliphatic heterocycles. The maximum atomic E-state index is 11.9. The van der Waals surface area contributed by atoms with Gasteiger partial charge in [0.25, 0.3) is 0 Å². The molecule has 0 aromatic heterocycles. The first-order chi connectivity index (χ1) is 10.1. The SMILES string of the molecule is CC(=O)[C@H]1CCC2C1CCC1[C@H]2CC[C@@H]2C[C@@H](C)CC[C@H]12. The minimum atomic E-state index is 0.431. The lowest BCUT2D eigenvalue weighted by Gasteiger charge is -2.53. The highest BCUT2D eigenvalue weighted by Gasteiger charge is 2.52. The molecule has 0 spiro atoms. The van der Waals surface area contributed by atoms with Crippen LogP contribution in [0.5, 0.6) is 0 Å². The summed E-state index contributed by atoms with van der Waals surface area (Å²) in [5, 5.41) is 0. The quantitative estimate of drug-likeness (QED) is 0.657. The minimum absolute atomic E-state index is 0.431. The molecule has 0 bridgehead atoms. The average molecular weight is 288 g/mol. The maximum absolute atomic E-state index is 11.9. The first-order valence-corrected chi connectivity index (χ1v) is 9.65. The molecule has 0 amide bonds. The Labute approximate surface area is 130 Å². The van der Waals surface area contributed by atoms with Crippen LogP contribution in [-0.4, -0.2) is 5.78 Å². The Kier molecular flexibility index (Phi) is 3.66. The van der Waals surface area contributed by atoms with E-state index in [9.17, 15) is 4.79 Å². The standard InChI is InChI=1S/C20H32O/c1-12-3-5-16-14(11-12)4-6-19-18(16)10-9-17-15(13(2)21)7-8-20(17)19/h12,14-20H,3-11H2,1-2H3/t12-,14+,15+,16-,17?,18?,19+,20?/m0/s1. The smallest absolute Gasteiger partial charge is 0.133 e. The zero-order chi connectivity index (χ0) is 14.6. The molecule has 4 aliphatic carbocycles. The molecule has 4 saturated carbocycles. The number of ketones is 1. The van der Waals surface area contributed by atoms with Gasteiger partial charge in [-0.1, -0.05) is 13.3 Å². The van der Waals surface area contributed by atoms with E-state index in [1.165, 1.54) is 57.8 Å². The molecule has 0 saturated heterocycles. The molecule has 21 heavy (non-hydrogen) atoms. The van der Waals surface area contributed by atoms with Crippen LogP contribution < -0.4 is 0 Å². The number of rotatable bonds is 1. The predicted octanol–water partition coefficient (Wildman–Crippen LogP) is 5.09. The lowest BCUT2D eigenvalue weighted by atomic mass is 9.52. The summed E-state index contributed by atoms with van der Waals surface area (Å²) < 4.78 is 0. The highest BCUT2D eigenvalue weighted by atomic mass is 16.1. The fraction of sp³-hybridized carbons (Fsp3) is 0.950. The molecule has 4 rings (SSSR count). The molecule has 8 atom stereocenters. The van der Waals surface area contributed by atoms with Gasteiger partial charge in [-0.05, 0) is 99.7 Å². The molecule has 0 radical (unpaired) electrons. The third-order valence-electron chi connectivity index (χ3n) is 8.06. The Bertz CT molecular complexity index is 414. The molecular formula is C20H32O. The van der Waals surface area contributed by atoms with Crippen molar-refractivity contribution in [3.05, 3.63) is 0 Å². The van der Waals surface area contributed by atoms with Gasteiger partial charge in [0, 0.05) is 5.92 Å². The van der Waals surface area contributed by atoms with Gasteiger partial charge in [-0.3, -0.25) is 4.79 Å². The zero-order valence-electron chi connectivity index (χ0n) is 13.9. The first kappa shape index (κ1) is 14.3. The van der Waals surface area contributed by atoms with Crippen molar-refractivity contribution in [2.45, 2.75) is 71.6 Å². The number of carbonyl (C=O) groups is 1. The van der Waals surface area contributed by atoms with Gasteiger partial charge in [-0.15, -0.1) is 0 Å². The Morgan fingerprint density at radius 3 is 2.10 bits per heavy atom. The van der Waals surface area contributed by atoms with Gasteiger partial charge < -0.3 is 0 Å². The third kappa shape index (κ3) is 2.30. The van der Waals surface area contributed by atoms with Crippen molar-refractivity contribution >= 4 is 5.78 Å². The van der Waals surface area contributed by atoms with Crippen LogP contribution in [0.4, 0.5) is 0 Å². The molecule has 118 valence electrons. The molecule has 1 heteroatoms.